The molecule has 0 aliphatic heterocycles. The minimum atomic E-state index is 0.594. The highest BCUT2D eigenvalue weighted by Gasteiger charge is 2.20. The molecule has 1 aliphatic carbocycles. The molecule has 0 atom stereocenters. The molecule has 3 rings (SSSR count). The molecule has 1 aliphatic rings. The smallest absolute Gasteiger partial charge is 0.0649 e. The first-order valence-corrected chi connectivity index (χ1v) is 6.16. The number of rotatable bonds is 2. The first-order chi connectivity index (χ1) is 8.29. The summed E-state index contributed by atoms with van der Waals surface area (Å²) < 4.78 is 2.10. The number of aromatic nitrogens is 2. The van der Waals surface area contributed by atoms with E-state index in [4.69, 9.17) is 5.73 Å². The van der Waals surface area contributed by atoms with Crippen molar-refractivity contribution in [2.45, 2.75) is 32.7 Å². The predicted octanol–water partition coefficient (Wildman–Crippen LogP) is 2.13. The quantitative estimate of drug-likeness (QED) is 0.854. The number of aryl methyl sites for hydroxylation is 1. The van der Waals surface area contributed by atoms with E-state index in [0.717, 1.165) is 17.7 Å². The zero-order valence-corrected chi connectivity index (χ0v) is 10.1. The highest BCUT2D eigenvalue weighted by Crippen LogP contribution is 2.27. The molecule has 0 spiro atoms. The van der Waals surface area contributed by atoms with Gasteiger partial charge in [0, 0.05) is 12.2 Å². The standard InChI is InChI=1S/C14H17N3/c1-10-13-3-2-4-14(13)17(16-10)12-7-5-11(9-15)6-8-12/h5-8H,2-4,9,15H2,1H3. The fourth-order valence-electron chi connectivity index (χ4n) is 2.61. The second-order valence-electron chi connectivity index (χ2n) is 4.65. The zero-order chi connectivity index (χ0) is 11.8. The van der Waals surface area contributed by atoms with Gasteiger partial charge in [-0.3, -0.25) is 0 Å². The van der Waals surface area contributed by atoms with Crippen LogP contribution in [0.4, 0.5) is 0 Å². The lowest BCUT2D eigenvalue weighted by atomic mass is 10.2. The number of nitrogens with zero attached hydrogens (tertiary/aromatic N) is 2. The minimum absolute atomic E-state index is 0.594. The van der Waals surface area contributed by atoms with Crippen LogP contribution in [0.25, 0.3) is 5.69 Å². The summed E-state index contributed by atoms with van der Waals surface area (Å²) >= 11 is 0. The Kier molecular flexibility index (Phi) is 2.48. The summed E-state index contributed by atoms with van der Waals surface area (Å²) in [6, 6.07) is 8.36. The number of fused-ring (bicyclic) bond motifs is 1. The van der Waals surface area contributed by atoms with Crippen LogP contribution >= 0.6 is 0 Å². The van der Waals surface area contributed by atoms with Gasteiger partial charge in [0.15, 0.2) is 0 Å². The molecule has 1 aromatic carbocycles. The largest absolute Gasteiger partial charge is 0.326 e. The topological polar surface area (TPSA) is 43.8 Å². The molecule has 0 fully saturated rings. The molecule has 0 bridgehead atoms. The van der Waals surface area contributed by atoms with Crippen LogP contribution in [0.2, 0.25) is 0 Å². The highest BCUT2D eigenvalue weighted by molar-refractivity contribution is 5.40. The van der Waals surface area contributed by atoms with E-state index in [1.165, 1.54) is 29.8 Å². The van der Waals surface area contributed by atoms with Crippen molar-refractivity contribution in [3.8, 4) is 5.69 Å². The summed E-state index contributed by atoms with van der Waals surface area (Å²) in [6.45, 7) is 2.70. The minimum Gasteiger partial charge on any atom is -0.326 e. The Morgan fingerprint density at radius 1 is 1.24 bits per heavy atom. The molecule has 2 aromatic rings. The molecule has 0 radical (unpaired) electrons. The van der Waals surface area contributed by atoms with Crippen molar-refractivity contribution in [3.63, 3.8) is 0 Å². The third-order valence-electron chi connectivity index (χ3n) is 3.55. The lowest BCUT2D eigenvalue weighted by molar-refractivity contribution is 0.773. The van der Waals surface area contributed by atoms with Crippen molar-refractivity contribution in [2.24, 2.45) is 5.73 Å². The van der Waals surface area contributed by atoms with Gasteiger partial charge in [0.2, 0.25) is 0 Å². The maximum atomic E-state index is 5.61. The Morgan fingerprint density at radius 3 is 2.71 bits per heavy atom. The van der Waals surface area contributed by atoms with E-state index in [0.29, 0.717) is 6.54 Å². The normalized spacial score (nSPS) is 14.0. The number of benzene rings is 1. The first-order valence-electron chi connectivity index (χ1n) is 6.16. The van der Waals surface area contributed by atoms with Crippen molar-refractivity contribution in [3.05, 3.63) is 46.8 Å². The average molecular weight is 227 g/mol. The number of hydrogen-bond donors (Lipinski definition) is 1. The summed E-state index contributed by atoms with van der Waals surface area (Å²) in [4.78, 5) is 0. The predicted molar refractivity (Wildman–Crippen MR) is 68.2 cm³/mol. The van der Waals surface area contributed by atoms with Gasteiger partial charge in [-0.05, 0) is 49.4 Å². The van der Waals surface area contributed by atoms with Gasteiger partial charge in [-0.2, -0.15) is 5.10 Å². The summed E-state index contributed by atoms with van der Waals surface area (Å²) in [6.07, 6.45) is 3.59. The second-order valence-corrected chi connectivity index (χ2v) is 4.65. The van der Waals surface area contributed by atoms with E-state index in [1.54, 1.807) is 0 Å². The molecule has 0 saturated carbocycles. The molecule has 0 unspecified atom stereocenters. The van der Waals surface area contributed by atoms with E-state index in [-0.39, 0.29) is 0 Å². The van der Waals surface area contributed by atoms with Gasteiger partial charge in [-0.1, -0.05) is 12.1 Å². The highest BCUT2D eigenvalue weighted by atomic mass is 15.3. The number of hydrogen-bond acceptors (Lipinski definition) is 2. The van der Waals surface area contributed by atoms with E-state index >= 15 is 0 Å². The van der Waals surface area contributed by atoms with Crippen LogP contribution in [-0.4, -0.2) is 9.78 Å². The third kappa shape index (κ3) is 1.67. The second kappa shape index (κ2) is 4.00. The van der Waals surface area contributed by atoms with Crippen molar-refractivity contribution in [2.75, 3.05) is 0 Å². The molecule has 1 aromatic heterocycles. The lowest BCUT2D eigenvalue weighted by Crippen LogP contribution is -2.02. The summed E-state index contributed by atoms with van der Waals surface area (Å²) in [5, 5.41) is 4.64. The number of nitrogens with two attached hydrogens (primary N) is 1. The van der Waals surface area contributed by atoms with E-state index < -0.39 is 0 Å². The van der Waals surface area contributed by atoms with Crippen molar-refractivity contribution in [1.29, 1.82) is 0 Å². The van der Waals surface area contributed by atoms with Gasteiger partial charge < -0.3 is 5.73 Å². The zero-order valence-electron chi connectivity index (χ0n) is 10.1. The van der Waals surface area contributed by atoms with Crippen molar-refractivity contribution < 1.29 is 0 Å². The Balaban J connectivity index is 2.06. The Morgan fingerprint density at radius 2 is 2.00 bits per heavy atom. The average Bonchev–Trinajstić information content (AvgIpc) is 2.94. The monoisotopic (exact) mass is 227 g/mol. The van der Waals surface area contributed by atoms with Gasteiger partial charge in [0.1, 0.15) is 0 Å². The maximum Gasteiger partial charge on any atom is 0.0649 e. The van der Waals surface area contributed by atoms with E-state index in [1.807, 2.05) is 0 Å². The lowest BCUT2D eigenvalue weighted by Gasteiger charge is -2.06. The molecule has 17 heavy (non-hydrogen) atoms. The molecular formula is C14H17N3. The summed E-state index contributed by atoms with van der Waals surface area (Å²) in [7, 11) is 0. The maximum absolute atomic E-state index is 5.61. The van der Waals surface area contributed by atoms with Crippen molar-refractivity contribution >= 4 is 0 Å². The van der Waals surface area contributed by atoms with Gasteiger partial charge in [-0.15, -0.1) is 0 Å². The van der Waals surface area contributed by atoms with Crippen LogP contribution in [0.5, 0.6) is 0 Å². The molecule has 0 amide bonds. The Labute approximate surface area is 101 Å². The summed E-state index contributed by atoms with van der Waals surface area (Å²) in [5.41, 5.74) is 11.9. The van der Waals surface area contributed by atoms with Gasteiger partial charge in [0.05, 0.1) is 11.4 Å². The first kappa shape index (κ1) is 10.5. The molecule has 2 N–H and O–H groups in total. The van der Waals surface area contributed by atoms with E-state index in [9.17, 15) is 0 Å². The molecule has 88 valence electrons. The van der Waals surface area contributed by atoms with Gasteiger partial charge in [0.25, 0.3) is 0 Å². The Hall–Kier alpha value is -1.61. The van der Waals surface area contributed by atoms with Crippen LogP contribution in [0, 0.1) is 6.92 Å². The fraction of sp³-hybridized carbons (Fsp3) is 0.357. The van der Waals surface area contributed by atoms with Crippen LogP contribution in [0.1, 0.15) is 28.9 Å². The SMILES string of the molecule is Cc1nn(-c2ccc(CN)cc2)c2c1CCC2. The van der Waals surface area contributed by atoms with Crippen LogP contribution in [0.3, 0.4) is 0 Å². The van der Waals surface area contributed by atoms with Crippen LogP contribution in [-0.2, 0) is 19.4 Å². The molecule has 3 heteroatoms. The molecule has 3 nitrogen and oxygen atoms in total. The fourth-order valence-corrected chi connectivity index (χ4v) is 2.61. The van der Waals surface area contributed by atoms with Gasteiger partial charge in [-0.25, -0.2) is 4.68 Å². The third-order valence-corrected chi connectivity index (χ3v) is 3.55. The summed E-state index contributed by atoms with van der Waals surface area (Å²) in [5.74, 6) is 0. The molecular weight excluding hydrogens is 210 g/mol. The van der Waals surface area contributed by atoms with Gasteiger partial charge >= 0.3 is 0 Å². The van der Waals surface area contributed by atoms with Crippen molar-refractivity contribution in [1.82, 2.24) is 9.78 Å². The molecule has 0 saturated heterocycles. The Bertz CT molecular complexity index is 537. The van der Waals surface area contributed by atoms with E-state index in [2.05, 4.69) is 41.0 Å². The van der Waals surface area contributed by atoms with Crippen LogP contribution in [0.15, 0.2) is 24.3 Å². The van der Waals surface area contributed by atoms with Crippen LogP contribution < -0.4 is 5.73 Å². The molecule has 1 heterocycles.